The van der Waals surface area contributed by atoms with Crippen LogP contribution in [0.2, 0.25) is 0 Å². The molecule has 3 nitrogen and oxygen atoms in total. The van der Waals surface area contributed by atoms with E-state index in [9.17, 15) is 0 Å². The fourth-order valence-corrected chi connectivity index (χ4v) is 3.16. The Labute approximate surface area is 110 Å². The molecule has 2 aliphatic heterocycles. The van der Waals surface area contributed by atoms with Crippen molar-refractivity contribution in [3.63, 3.8) is 0 Å². The fraction of sp³-hybridized carbons (Fsp3) is 0.538. The fourth-order valence-electron chi connectivity index (χ4n) is 2.56. The molecule has 0 aromatic heterocycles. The van der Waals surface area contributed by atoms with Gasteiger partial charge < -0.3 is 14.8 Å². The van der Waals surface area contributed by atoms with Crippen molar-refractivity contribution in [3.05, 3.63) is 22.2 Å². The van der Waals surface area contributed by atoms with E-state index in [1.165, 1.54) is 18.4 Å². The molecule has 0 amide bonds. The van der Waals surface area contributed by atoms with E-state index in [-0.39, 0.29) is 0 Å². The van der Waals surface area contributed by atoms with Crippen LogP contribution in [-0.2, 0) is 6.42 Å². The third-order valence-corrected chi connectivity index (χ3v) is 4.06. The lowest BCUT2D eigenvalue weighted by Crippen LogP contribution is -2.28. The Balaban J connectivity index is 1.76. The number of ether oxygens (including phenoxy) is 2. The molecule has 4 heteroatoms. The average Bonchev–Trinajstić information content (AvgIpc) is 2.79. The number of fused-ring (bicyclic) bond motifs is 1. The zero-order chi connectivity index (χ0) is 11.7. The molecular formula is C13H16BrNO2. The van der Waals surface area contributed by atoms with Gasteiger partial charge in [-0.25, -0.2) is 0 Å². The lowest BCUT2D eigenvalue weighted by molar-refractivity contribution is 0.173. The third kappa shape index (κ3) is 2.43. The minimum Gasteiger partial charge on any atom is -0.454 e. The van der Waals surface area contributed by atoms with Crippen molar-refractivity contribution in [2.75, 3.05) is 19.9 Å². The van der Waals surface area contributed by atoms with E-state index in [1.807, 2.05) is 0 Å². The Morgan fingerprint density at radius 1 is 1.24 bits per heavy atom. The number of hydrogen-bond donors (Lipinski definition) is 1. The highest BCUT2D eigenvalue weighted by molar-refractivity contribution is 9.10. The molecule has 0 saturated carbocycles. The van der Waals surface area contributed by atoms with Crippen LogP contribution in [0.4, 0.5) is 0 Å². The molecule has 1 saturated heterocycles. The number of halogens is 1. The van der Waals surface area contributed by atoms with Gasteiger partial charge in [0.15, 0.2) is 11.5 Å². The molecule has 17 heavy (non-hydrogen) atoms. The summed E-state index contributed by atoms with van der Waals surface area (Å²) in [5, 5.41) is 3.40. The van der Waals surface area contributed by atoms with Gasteiger partial charge >= 0.3 is 0 Å². The van der Waals surface area contributed by atoms with Crippen molar-refractivity contribution in [2.24, 2.45) is 5.92 Å². The summed E-state index contributed by atoms with van der Waals surface area (Å²) in [7, 11) is 0. The third-order valence-electron chi connectivity index (χ3n) is 3.47. The van der Waals surface area contributed by atoms with Crippen molar-refractivity contribution in [2.45, 2.75) is 19.3 Å². The van der Waals surface area contributed by atoms with Crippen LogP contribution in [0.5, 0.6) is 11.5 Å². The van der Waals surface area contributed by atoms with Crippen LogP contribution in [0.15, 0.2) is 16.6 Å². The molecule has 3 rings (SSSR count). The van der Waals surface area contributed by atoms with E-state index in [0.717, 1.165) is 41.4 Å². The Morgan fingerprint density at radius 3 is 2.88 bits per heavy atom. The molecule has 0 spiro atoms. The second-order valence-electron chi connectivity index (χ2n) is 4.71. The first-order valence-electron chi connectivity index (χ1n) is 6.11. The molecule has 0 atom stereocenters. The molecule has 1 fully saturated rings. The van der Waals surface area contributed by atoms with Gasteiger partial charge in [-0.2, -0.15) is 0 Å². The van der Waals surface area contributed by atoms with Crippen LogP contribution in [0.1, 0.15) is 18.4 Å². The molecule has 1 aromatic carbocycles. The molecule has 2 aliphatic rings. The first kappa shape index (κ1) is 11.4. The Bertz CT molecular complexity index is 416. The van der Waals surface area contributed by atoms with E-state index in [1.54, 1.807) is 0 Å². The van der Waals surface area contributed by atoms with Gasteiger partial charge in [0, 0.05) is 0 Å². The molecule has 0 unspecified atom stereocenters. The van der Waals surface area contributed by atoms with Gasteiger partial charge in [-0.1, -0.05) is 0 Å². The van der Waals surface area contributed by atoms with Gasteiger partial charge in [0.2, 0.25) is 6.79 Å². The quantitative estimate of drug-likeness (QED) is 0.910. The standard InChI is InChI=1S/C13H16BrNO2/c14-11-6-10(5-9-1-3-15-4-2-9)7-12-13(11)17-8-16-12/h6-7,9,15H,1-5,8H2. The molecule has 1 aromatic rings. The van der Waals surface area contributed by atoms with Crippen molar-refractivity contribution in [3.8, 4) is 11.5 Å². The predicted octanol–water partition coefficient (Wildman–Crippen LogP) is 2.72. The number of hydrogen-bond acceptors (Lipinski definition) is 3. The topological polar surface area (TPSA) is 30.5 Å². The zero-order valence-corrected chi connectivity index (χ0v) is 11.3. The first-order chi connectivity index (χ1) is 8.33. The highest BCUT2D eigenvalue weighted by Gasteiger charge is 2.20. The highest BCUT2D eigenvalue weighted by Crippen LogP contribution is 2.40. The second-order valence-corrected chi connectivity index (χ2v) is 5.56. The smallest absolute Gasteiger partial charge is 0.231 e. The summed E-state index contributed by atoms with van der Waals surface area (Å²) in [4.78, 5) is 0. The summed E-state index contributed by atoms with van der Waals surface area (Å²) in [6.07, 6.45) is 3.68. The van der Waals surface area contributed by atoms with Crippen molar-refractivity contribution in [1.29, 1.82) is 0 Å². The summed E-state index contributed by atoms with van der Waals surface area (Å²) in [5.74, 6) is 2.52. The second kappa shape index (κ2) is 4.86. The maximum atomic E-state index is 5.44. The maximum absolute atomic E-state index is 5.44. The van der Waals surface area contributed by atoms with E-state index in [2.05, 4.69) is 33.4 Å². The van der Waals surface area contributed by atoms with Gasteiger partial charge in [0.05, 0.1) is 4.47 Å². The normalized spacial score (nSPS) is 19.6. The van der Waals surface area contributed by atoms with Gasteiger partial charge in [-0.3, -0.25) is 0 Å². The van der Waals surface area contributed by atoms with Gasteiger partial charge in [0.25, 0.3) is 0 Å². The number of piperidine rings is 1. The monoisotopic (exact) mass is 297 g/mol. The zero-order valence-electron chi connectivity index (χ0n) is 9.67. The summed E-state index contributed by atoms with van der Waals surface area (Å²) in [6, 6.07) is 4.28. The van der Waals surface area contributed by atoms with Crippen LogP contribution in [0.3, 0.4) is 0 Å². The summed E-state index contributed by atoms with van der Waals surface area (Å²) in [5.41, 5.74) is 1.34. The Kier molecular flexibility index (Phi) is 3.25. The van der Waals surface area contributed by atoms with Crippen LogP contribution >= 0.6 is 15.9 Å². The van der Waals surface area contributed by atoms with Gasteiger partial charge in [-0.15, -0.1) is 0 Å². The number of benzene rings is 1. The van der Waals surface area contributed by atoms with Crippen LogP contribution in [0.25, 0.3) is 0 Å². The molecule has 1 N–H and O–H groups in total. The number of rotatable bonds is 2. The molecule has 2 heterocycles. The van der Waals surface area contributed by atoms with Crippen molar-refractivity contribution in [1.82, 2.24) is 5.32 Å². The molecule has 0 bridgehead atoms. The minimum atomic E-state index is 0.338. The molecule has 92 valence electrons. The van der Waals surface area contributed by atoms with Crippen LogP contribution < -0.4 is 14.8 Å². The van der Waals surface area contributed by atoms with E-state index in [0.29, 0.717) is 6.79 Å². The average molecular weight is 298 g/mol. The first-order valence-corrected chi connectivity index (χ1v) is 6.91. The lowest BCUT2D eigenvalue weighted by Gasteiger charge is -2.22. The SMILES string of the molecule is Brc1cc(CC2CCNCC2)cc2c1OCO2. The van der Waals surface area contributed by atoms with E-state index < -0.39 is 0 Å². The van der Waals surface area contributed by atoms with Crippen LogP contribution in [-0.4, -0.2) is 19.9 Å². The molecule has 0 aliphatic carbocycles. The van der Waals surface area contributed by atoms with Crippen molar-refractivity contribution >= 4 is 15.9 Å². The summed E-state index contributed by atoms with van der Waals surface area (Å²) < 4.78 is 11.9. The van der Waals surface area contributed by atoms with Crippen LogP contribution in [0, 0.1) is 5.92 Å². The van der Waals surface area contributed by atoms with Gasteiger partial charge in [-0.05, 0) is 71.9 Å². The van der Waals surface area contributed by atoms with E-state index >= 15 is 0 Å². The highest BCUT2D eigenvalue weighted by atomic mass is 79.9. The summed E-state index contributed by atoms with van der Waals surface area (Å²) in [6.45, 7) is 2.64. The Hall–Kier alpha value is -0.740. The summed E-state index contributed by atoms with van der Waals surface area (Å²) >= 11 is 3.55. The van der Waals surface area contributed by atoms with E-state index in [4.69, 9.17) is 9.47 Å². The Morgan fingerprint density at radius 2 is 2.06 bits per heavy atom. The largest absolute Gasteiger partial charge is 0.454 e. The lowest BCUT2D eigenvalue weighted by atomic mass is 9.91. The van der Waals surface area contributed by atoms with Gasteiger partial charge in [0.1, 0.15) is 0 Å². The number of nitrogens with one attached hydrogen (secondary N) is 1. The molecular weight excluding hydrogens is 282 g/mol. The van der Waals surface area contributed by atoms with Crippen molar-refractivity contribution < 1.29 is 9.47 Å². The maximum Gasteiger partial charge on any atom is 0.231 e. The molecule has 0 radical (unpaired) electrons. The predicted molar refractivity (Wildman–Crippen MR) is 69.6 cm³/mol. The minimum absolute atomic E-state index is 0.338.